The Labute approximate surface area is 227 Å². The molecule has 5 rings (SSSR count). The lowest BCUT2D eigenvalue weighted by molar-refractivity contribution is 0.240. The first-order valence-electron chi connectivity index (χ1n) is 11.7. The zero-order chi connectivity index (χ0) is 25.9. The Bertz CT molecular complexity index is 1580. The predicted molar refractivity (Wildman–Crippen MR) is 146 cm³/mol. The molecule has 0 saturated carbocycles. The number of amides is 1. The molecule has 2 aromatic carbocycles. The van der Waals surface area contributed by atoms with Crippen molar-refractivity contribution in [3.8, 4) is 6.07 Å². The van der Waals surface area contributed by atoms with Gasteiger partial charge >= 0.3 is 6.03 Å². The van der Waals surface area contributed by atoms with E-state index in [0.717, 1.165) is 33.2 Å². The summed E-state index contributed by atoms with van der Waals surface area (Å²) in [6.45, 7) is 2.33. The molecule has 1 amide bonds. The van der Waals surface area contributed by atoms with E-state index in [1.54, 1.807) is 53.2 Å². The van der Waals surface area contributed by atoms with Gasteiger partial charge in [-0.15, -0.1) is 0 Å². The molecule has 4 aromatic rings. The molecule has 2 aromatic heterocycles. The van der Waals surface area contributed by atoms with E-state index >= 15 is 0 Å². The van der Waals surface area contributed by atoms with Crippen LogP contribution in [0.3, 0.4) is 0 Å². The van der Waals surface area contributed by atoms with Gasteiger partial charge in [-0.3, -0.25) is 9.47 Å². The van der Waals surface area contributed by atoms with Crippen molar-refractivity contribution in [1.82, 2.24) is 19.8 Å². The molecule has 0 spiro atoms. The Hall–Kier alpha value is -3.51. The number of hydrogen-bond acceptors (Lipinski definition) is 4. The van der Waals surface area contributed by atoms with Gasteiger partial charge in [0.15, 0.2) is 0 Å². The van der Waals surface area contributed by atoms with Gasteiger partial charge in [0.05, 0.1) is 17.1 Å². The first-order valence-corrected chi connectivity index (χ1v) is 12.9. The average molecular weight is 579 g/mol. The highest BCUT2D eigenvalue weighted by Gasteiger charge is 2.26. The molecule has 0 bridgehead atoms. The molecule has 3 heterocycles. The van der Waals surface area contributed by atoms with Gasteiger partial charge in [-0.2, -0.15) is 5.26 Å². The summed E-state index contributed by atoms with van der Waals surface area (Å²) in [5.41, 5.74) is 4.58. The highest BCUT2D eigenvalue weighted by atomic mass is 79.9. The van der Waals surface area contributed by atoms with Crippen LogP contribution in [0.5, 0.6) is 0 Å². The third-order valence-electron chi connectivity index (χ3n) is 6.41. The minimum absolute atomic E-state index is 0.257. The van der Waals surface area contributed by atoms with Gasteiger partial charge in [-0.25, -0.2) is 14.2 Å². The van der Waals surface area contributed by atoms with E-state index in [1.807, 2.05) is 12.1 Å². The highest BCUT2D eigenvalue weighted by molar-refractivity contribution is 9.10. The van der Waals surface area contributed by atoms with Crippen molar-refractivity contribution < 1.29 is 9.18 Å². The molecule has 1 aliphatic rings. The quantitative estimate of drug-likeness (QED) is 0.282. The number of hydrogen-bond donors (Lipinski definition) is 1. The molecule has 1 N–H and O–H groups in total. The number of nitrogens with zero attached hydrogens (tertiary/aromatic N) is 4. The normalized spacial score (nSPS) is 13.6. The van der Waals surface area contributed by atoms with Crippen molar-refractivity contribution in [2.24, 2.45) is 0 Å². The van der Waals surface area contributed by atoms with Crippen LogP contribution in [0.4, 0.5) is 9.18 Å². The lowest BCUT2D eigenvalue weighted by Gasteiger charge is -2.27. The maximum Gasteiger partial charge on any atom is 0.326 e. The van der Waals surface area contributed by atoms with Crippen LogP contribution in [0.25, 0.3) is 17.0 Å². The fourth-order valence-electron chi connectivity index (χ4n) is 4.65. The summed E-state index contributed by atoms with van der Waals surface area (Å²) in [4.78, 5) is 19.6. The second-order valence-electron chi connectivity index (χ2n) is 8.80. The third-order valence-corrected chi connectivity index (χ3v) is 7.11. The van der Waals surface area contributed by atoms with E-state index in [-0.39, 0.29) is 11.8 Å². The molecule has 1 aliphatic heterocycles. The van der Waals surface area contributed by atoms with E-state index in [4.69, 9.17) is 11.6 Å². The van der Waals surface area contributed by atoms with Crippen molar-refractivity contribution in [3.63, 3.8) is 0 Å². The van der Waals surface area contributed by atoms with Crippen LogP contribution in [0.1, 0.15) is 27.9 Å². The van der Waals surface area contributed by atoms with Crippen LogP contribution in [-0.4, -0.2) is 33.6 Å². The fourth-order valence-corrected chi connectivity index (χ4v) is 5.23. The summed E-state index contributed by atoms with van der Waals surface area (Å²) >= 11 is 9.36. The van der Waals surface area contributed by atoms with E-state index in [2.05, 4.69) is 37.2 Å². The monoisotopic (exact) mass is 577 g/mol. The predicted octanol–water partition coefficient (Wildman–Crippen LogP) is 6.29. The molecule has 0 fully saturated rings. The Morgan fingerprint density at radius 2 is 2.11 bits per heavy atom. The van der Waals surface area contributed by atoms with E-state index < -0.39 is 0 Å². The second kappa shape index (κ2) is 10.9. The number of pyridine rings is 1. The summed E-state index contributed by atoms with van der Waals surface area (Å²) in [6, 6.07) is 15.7. The molecule has 0 aliphatic carbocycles. The van der Waals surface area contributed by atoms with Crippen molar-refractivity contribution in [3.05, 3.63) is 104 Å². The van der Waals surface area contributed by atoms with Crippen LogP contribution in [0.2, 0.25) is 5.15 Å². The minimum atomic E-state index is -0.267. The number of nitriles is 1. The largest absolute Gasteiger partial charge is 0.333 e. The van der Waals surface area contributed by atoms with Gasteiger partial charge in [0, 0.05) is 59.9 Å². The van der Waals surface area contributed by atoms with Crippen molar-refractivity contribution in [2.45, 2.75) is 19.5 Å². The SMILES string of the molecule is N#Cc1ccc2c3c(n(C(=O)NCc4ccnc(Cl)c4)c2c1)CCN(CC=Cc1cc(Br)ccc1F)C3. The Morgan fingerprint density at radius 3 is 2.92 bits per heavy atom. The van der Waals surface area contributed by atoms with Gasteiger partial charge < -0.3 is 5.32 Å². The number of rotatable bonds is 5. The molecule has 9 heteroatoms. The highest BCUT2D eigenvalue weighted by Crippen LogP contribution is 2.32. The van der Waals surface area contributed by atoms with E-state index in [1.165, 1.54) is 6.07 Å². The van der Waals surface area contributed by atoms with E-state index in [9.17, 15) is 14.4 Å². The Balaban J connectivity index is 1.40. The smallest absolute Gasteiger partial charge is 0.326 e. The van der Waals surface area contributed by atoms with Crippen molar-refractivity contribution >= 4 is 50.5 Å². The number of nitrogens with one attached hydrogen (secondary N) is 1. The zero-order valence-corrected chi connectivity index (χ0v) is 22.1. The summed E-state index contributed by atoms with van der Waals surface area (Å²) in [5.74, 6) is -0.267. The van der Waals surface area contributed by atoms with E-state index in [0.29, 0.717) is 47.9 Å². The molecule has 0 atom stereocenters. The van der Waals surface area contributed by atoms with Crippen molar-refractivity contribution in [2.75, 3.05) is 13.1 Å². The number of fused-ring (bicyclic) bond motifs is 3. The lowest BCUT2D eigenvalue weighted by Crippen LogP contribution is -2.34. The van der Waals surface area contributed by atoms with Gasteiger partial charge in [-0.1, -0.05) is 45.7 Å². The first-order chi connectivity index (χ1) is 17.9. The maximum absolute atomic E-state index is 14.1. The zero-order valence-electron chi connectivity index (χ0n) is 19.7. The average Bonchev–Trinajstić information content (AvgIpc) is 3.22. The molecular weight excluding hydrogens is 557 g/mol. The van der Waals surface area contributed by atoms with Gasteiger partial charge in [-0.05, 0) is 53.6 Å². The first kappa shape index (κ1) is 25.2. The second-order valence-corrected chi connectivity index (χ2v) is 10.1. The molecule has 0 saturated heterocycles. The van der Waals surface area contributed by atoms with Crippen molar-refractivity contribution in [1.29, 1.82) is 5.26 Å². The number of carbonyl (C=O) groups excluding carboxylic acids is 1. The molecule has 0 unspecified atom stereocenters. The molecule has 186 valence electrons. The van der Waals surface area contributed by atoms with Crippen LogP contribution in [-0.2, 0) is 19.5 Å². The topological polar surface area (TPSA) is 74.0 Å². The third kappa shape index (κ3) is 5.44. The number of benzene rings is 2. The number of carbonyl (C=O) groups is 1. The summed E-state index contributed by atoms with van der Waals surface area (Å²) < 4.78 is 16.6. The number of aromatic nitrogens is 2. The van der Waals surface area contributed by atoms with Gasteiger partial charge in [0.1, 0.15) is 11.0 Å². The van der Waals surface area contributed by atoms with Gasteiger partial charge in [0.2, 0.25) is 0 Å². The summed E-state index contributed by atoms with van der Waals surface area (Å²) in [7, 11) is 0. The summed E-state index contributed by atoms with van der Waals surface area (Å²) in [5, 5.41) is 13.7. The summed E-state index contributed by atoms with van der Waals surface area (Å²) in [6.07, 6.45) is 6.01. The minimum Gasteiger partial charge on any atom is -0.333 e. The molecular formula is C28H22BrClFN5O. The Kier molecular flexibility index (Phi) is 7.38. The Morgan fingerprint density at radius 1 is 1.24 bits per heavy atom. The maximum atomic E-state index is 14.1. The van der Waals surface area contributed by atoms with Crippen LogP contribution in [0.15, 0.2) is 65.3 Å². The molecule has 0 radical (unpaired) electrons. The standard InChI is InChI=1S/C28H22BrClFN5O/c29-21-4-6-24(31)20(14-21)2-1-10-35-11-8-25-23(17-35)22-5-3-18(15-32)12-26(22)36(25)28(37)34-16-19-7-9-33-27(30)13-19/h1-7,9,12-14H,8,10-11,16-17H2,(H,34,37). The molecule has 6 nitrogen and oxygen atoms in total. The van der Waals surface area contributed by atoms with Gasteiger partial charge in [0.25, 0.3) is 0 Å². The lowest BCUT2D eigenvalue weighted by atomic mass is 10.0. The van der Waals surface area contributed by atoms with Crippen LogP contribution in [0, 0.1) is 17.1 Å². The fraction of sp³-hybridized carbons (Fsp3) is 0.179. The number of halogens is 3. The van der Waals surface area contributed by atoms with Crippen LogP contribution >= 0.6 is 27.5 Å². The van der Waals surface area contributed by atoms with Crippen LogP contribution < -0.4 is 5.32 Å². The molecule has 37 heavy (non-hydrogen) atoms.